The molecule has 0 aliphatic carbocycles. The Bertz CT molecular complexity index is 907. The molecule has 0 radical (unpaired) electrons. The van der Waals surface area contributed by atoms with Gasteiger partial charge in [0, 0.05) is 24.0 Å². The second kappa shape index (κ2) is 5.56. The van der Waals surface area contributed by atoms with Crippen molar-refractivity contribution in [2.45, 2.75) is 31.8 Å². The highest BCUT2D eigenvalue weighted by molar-refractivity contribution is 5.85. The Morgan fingerprint density at radius 2 is 1.92 bits per heavy atom. The number of ether oxygens (including phenoxy) is 1. The Balaban J connectivity index is 1.46. The number of hydrogen-bond donors (Lipinski definition) is 1. The summed E-state index contributed by atoms with van der Waals surface area (Å²) in [7, 11) is 0. The normalized spacial score (nSPS) is 19.3. The highest BCUT2D eigenvalue weighted by Crippen LogP contribution is 2.43. The third-order valence-electron chi connectivity index (χ3n) is 5.68. The first-order valence-corrected chi connectivity index (χ1v) is 9.04. The summed E-state index contributed by atoms with van der Waals surface area (Å²) in [5, 5.41) is 9.89. The van der Waals surface area contributed by atoms with Crippen LogP contribution in [-0.4, -0.2) is 34.9 Å². The molecular weight excluding hydrogens is 312 g/mol. The second-order valence-corrected chi connectivity index (χ2v) is 7.14. The number of benzene rings is 1. The molecule has 3 aromatic rings. The Kier molecular flexibility index (Phi) is 3.31. The average Bonchev–Trinajstić information content (AvgIpc) is 3.04. The van der Waals surface area contributed by atoms with Crippen molar-refractivity contribution >= 4 is 16.7 Å². The van der Waals surface area contributed by atoms with Gasteiger partial charge in [-0.3, -0.25) is 0 Å². The molecule has 0 amide bonds. The third kappa shape index (κ3) is 2.34. The molecule has 5 heteroatoms. The molecule has 0 atom stereocenters. The standard InChI is InChI=1S/C20H22N4O/c1-14-6-7-18(23-22-14)24-11-9-20(10-12-24)19-16(8-13-25-20)15-4-2-3-5-17(15)21-19/h2-7,21H,8-13H2,1H3. The lowest BCUT2D eigenvalue weighted by Crippen LogP contribution is -2.47. The van der Waals surface area contributed by atoms with Gasteiger partial charge < -0.3 is 14.6 Å². The number of nitrogens with zero attached hydrogens (tertiary/aromatic N) is 3. The van der Waals surface area contributed by atoms with Crippen molar-refractivity contribution in [2.24, 2.45) is 0 Å². The minimum Gasteiger partial charge on any atom is -0.368 e. The number of piperidine rings is 1. The van der Waals surface area contributed by atoms with Crippen LogP contribution in [0.2, 0.25) is 0 Å². The van der Waals surface area contributed by atoms with E-state index in [0.717, 1.165) is 50.5 Å². The number of aromatic amines is 1. The van der Waals surface area contributed by atoms with Crippen LogP contribution in [0.1, 0.15) is 29.8 Å². The van der Waals surface area contributed by atoms with E-state index < -0.39 is 0 Å². The number of fused-ring (bicyclic) bond motifs is 4. The van der Waals surface area contributed by atoms with Gasteiger partial charge in [-0.2, -0.15) is 5.10 Å². The summed E-state index contributed by atoms with van der Waals surface area (Å²) in [6, 6.07) is 12.7. The van der Waals surface area contributed by atoms with E-state index in [2.05, 4.69) is 50.4 Å². The summed E-state index contributed by atoms with van der Waals surface area (Å²) < 4.78 is 6.37. The summed E-state index contributed by atoms with van der Waals surface area (Å²) in [5.74, 6) is 0.966. The molecule has 25 heavy (non-hydrogen) atoms. The van der Waals surface area contributed by atoms with Gasteiger partial charge in [0.25, 0.3) is 0 Å². The van der Waals surface area contributed by atoms with E-state index in [0.29, 0.717) is 0 Å². The monoisotopic (exact) mass is 334 g/mol. The molecule has 4 heterocycles. The van der Waals surface area contributed by atoms with Gasteiger partial charge in [0.1, 0.15) is 5.60 Å². The molecule has 2 aliphatic rings. The first kappa shape index (κ1) is 14.9. The third-order valence-corrected chi connectivity index (χ3v) is 5.68. The fourth-order valence-electron chi connectivity index (χ4n) is 4.32. The fraction of sp³-hybridized carbons (Fsp3) is 0.400. The zero-order chi connectivity index (χ0) is 16.9. The smallest absolute Gasteiger partial charge is 0.151 e. The van der Waals surface area contributed by atoms with Crippen LogP contribution < -0.4 is 4.90 Å². The molecule has 1 aromatic carbocycles. The van der Waals surface area contributed by atoms with Gasteiger partial charge >= 0.3 is 0 Å². The van der Waals surface area contributed by atoms with Gasteiger partial charge in [0.2, 0.25) is 0 Å². The lowest BCUT2D eigenvalue weighted by Gasteiger charge is -2.44. The number of aromatic nitrogens is 3. The molecule has 5 rings (SSSR count). The van der Waals surface area contributed by atoms with E-state index in [-0.39, 0.29) is 5.60 Å². The minimum absolute atomic E-state index is 0.179. The highest BCUT2D eigenvalue weighted by Gasteiger charge is 2.42. The molecule has 0 bridgehead atoms. The van der Waals surface area contributed by atoms with Crippen LogP contribution in [0.4, 0.5) is 5.82 Å². The van der Waals surface area contributed by atoms with Crippen LogP contribution in [0.25, 0.3) is 10.9 Å². The Morgan fingerprint density at radius 3 is 2.72 bits per heavy atom. The van der Waals surface area contributed by atoms with Crippen LogP contribution in [0, 0.1) is 6.92 Å². The maximum Gasteiger partial charge on any atom is 0.151 e. The summed E-state index contributed by atoms with van der Waals surface area (Å²) in [6.07, 6.45) is 2.94. The van der Waals surface area contributed by atoms with Crippen LogP contribution in [0.3, 0.4) is 0 Å². The van der Waals surface area contributed by atoms with Crippen molar-refractivity contribution in [1.82, 2.24) is 15.2 Å². The molecule has 0 saturated carbocycles. The molecule has 2 aliphatic heterocycles. The fourth-order valence-corrected chi connectivity index (χ4v) is 4.32. The molecule has 1 fully saturated rings. The Labute approximate surface area is 147 Å². The topological polar surface area (TPSA) is 54.0 Å². The number of hydrogen-bond acceptors (Lipinski definition) is 4. The quantitative estimate of drug-likeness (QED) is 0.742. The van der Waals surface area contributed by atoms with E-state index >= 15 is 0 Å². The van der Waals surface area contributed by atoms with Gasteiger partial charge in [0.05, 0.1) is 18.0 Å². The molecule has 0 unspecified atom stereocenters. The van der Waals surface area contributed by atoms with E-state index in [1.165, 1.54) is 22.2 Å². The van der Waals surface area contributed by atoms with E-state index in [4.69, 9.17) is 4.74 Å². The lowest BCUT2D eigenvalue weighted by atomic mass is 9.83. The molecule has 5 nitrogen and oxygen atoms in total. The summed E-state index contributed by atoms with van der Waals surface area (Å²) in [5.41, 5.74) is 4.75. The van der Waals surface area contributed by atoms with Gasteiger partial charge in [0.15, 0.2) is 5.82 Å². The molecule has 1 N–H and O–H groups in total. The zero-order valence-corrected chi connectivity index (χ0v) is 14.5. The Morgan fingerprint density at radius 1 is 1.08 bits per heavy atom. The van der Waals surface area contributed by atoms with Crippen molar-refractivity contribution in [3.8, 4) is 0 Å². The lowest BCUT2D eigenvalue weighted by molar-refractivity contribution is -0.0791. The van der Waals surface area contributed by atoms with E-state index in [9.17, 15) is 0 Å². The SMILES string of the molecule is Cc1ccc(N2CCC3(CC2)OCCc2c3[nH]c3ccccc23)nn1. The maximum absolute atomic E-state index is 6.37. The molecule has 2 aromatic heterocycles. The molecule has 1 saturated heterocycles. The average molecular weight is 334 g/mol. The number of para-hydroxylation sites is 1. The number of anilines is 1. The summed E-state index contributed by atoms with van der Waals surface area (Å²) in [6.45, 7) is 4.65. The van der Waals surface area contributed by atoms with Crippen molar-refractivity contribution in [2.75, 3.05) is 24.6 Å². The molecular formula is C20H22N4O. The van der Waals surface area contributed by atoms with Gasteiger partial charge in [-0.15, -0.1) is 5.10 Å². The first-order chi connectivity index (χ1) is 12.3. The predicted octanol–water partition coefficient (Wildman–Crippen LogP) is 3.33. The van der Waals surface area contributed by atoms with Crippen molar-refractivity contribution < 1.29 is 4.74 Å². The second-order valence-electron chi connectivity index (χ2n) is 7.14. The predicted molar refractivity (Wildman–Crippen MR) is 97.8 cm³/mol. The van der Waals surface area contributed by atoms with Crippen molar-refractivity contribution in [3.63, 3.8) is 0 Å². The number of H-pyrrole nitrogens is 1. The Hall–Kier alpha value is -2.40. The minimum atomic E-state index is -0.179. The van der Waals surface area contributed by atoms with Crippen LogP contribution in [-0.2, 0) is 16.8 Å². The largest absolute Gasteiger partial charge is 0.368 e. The molecule has 1 spiro atoms. The van der Waals surface area contributed by atoms with Gasteiger partial charge in [-0.05, 0) is 49.9 Å². The molecule has 128 valence electrons. The maximum atomic E-state index is 6.37. The van der Waals surface area contributed by atoms with Crippen molar-refractivity contribution in [3.05, 3.63) is 53.3 Å². The summed E-state index contributed by atoms with van der Waals surface area (Å²) >= 11 is 0. The number of rotatable bonds is 1. The van der Waals surface area contributed by atoms with Crippen LogP contribution in [0.15, 0.2) is 36.4 Å². The van der Waals surface area contributed by atoms with Crippen LogP contribution in [0.5, 0.6) is 0 Å². The first-order valence-electron chi connectivity index (χ1n) is 9.04. The zero-order valence-electron chi connectivity index (χ0n) is 14.5. The number of nitrogens with one attached hydrogen (secondary N) is 1. The van der Waals surface area contributed by atoms with E-state index in [1.54, 1.807) is 0 Å². The van der Waals surface area contributed by atoms with Gasteiger partial charge in [-0.25, -0.2) is 0 Å². The number of aryl methyl sites for hydroxylation is 1. The highest BCUT2D eigenvalue weighted by atomic mass is 16.5. The van der Waals surface area contributed by atoms with Crippen molar-refractivity contribution in [1.29, 1.82) is 0 Å². The summed E-state index contributed by atoms with van der Waals surface area (Å²) in [4.78, 5) is 5.98. The van der Waals surface area contributed by atoms with Gasteiger partial charge in [-0.1, -0.05) is 18.2 Å². The van der Waals surface area contributed by atoms with E-state index in [1.807, 2.05) is 13.0 Å². The van der Waals surface area contributed by atoms with Crippen LogP contribution >= 0.6 is 0 Å².